The summed E-state index contributed by atoms with van der Waals surface area (Å²) in [6, 6.07) is 3.91. The van der Waals surface area contributed by atoms with Gasteiger partial charge in [-0.3, -0.25) is 4.98 Å². The van der Waals surface area contributed by atoms with Gasteiger partial charge < -0.3 is 4.74 Å². The van der Waals surface area contributed by atoms with Crippen LogP contribution < -0.4 is 4.74 Å². The fraction of sp³-hybridized carbons (Fsp3) is 0.500. The van der Waals surface area contributed by atoms with E-state index in [9.17, 15) is 0 Å². The lowest BCUT2D eigenvalue weighted by molar-refractivity contribution is 0.0830. The molecule has 0 aromatic carbocycles. The lowest BCUT2D eigenvalue weighted by Crippen LogP contribution is -2.32. The Labute approximate surface area is 72.6 Å². The maximum Gasteiger partial charge on any atom is 0.141 e. The molecule has 2 rings (SSSR count). The normalized spacial score (nSPS) is 19.5. The number of pyridine rings is 1. The van der Waals surface area contributed by atoms with Gasteiger partial charge in [0.05, 0.1) is 5.69 Å². The van der Waals surface area contributed by atoms with Crippen molar-refractivity contribution >= 4 is 0 Å². The fourth-order valence-electron chi connectivity index (χ4n) is 1.47. The van der Waals surface area contributed by atoms with Gasteiger partial charge in [-0.1, -0.05) is 0 Å². The molecule has 1 aromatic rings. The predicted octanol–water partition coefficient (Wildman–Crippen LogP) is 2.19. The summed E-state index contributed by atoms with van der Waals surface area (Å²) in [5.41, 5.74) is 1.08. The maximum atomic E-state index is 5.76. The van der Waals surface area contributed by atoms with Crippen LogP contribution in [-0.2, 0) is 6.42 Å². The SMILES string of the molecule is CC1(C)CCc2ncccc2O1. The van der Waals surface area contributed by atoms with Crippen molar-refractivity contribution < 1.29 is 4.74 Å². The van der Waals surface area contributed by atoms with Crippen molar-refractivity contribution in [2.45, 2.75) is 32.3 Å². The minimum Gasteiger partial charge on any atom is -0.486 e. The van der Waals surface area contributed by atoms with Gasteiger partial charge in [0.15, 0.2) is 0 Å². The monoisotopic (exact) mass is 163 g/mol. The van der Waals surface area contributed by atoms with E-state index >= 15 is 0 Å². The van der Waals surface area contributed by atoms with Crippen LogP contribution in [0.5, 0.6) is 5.75 Å². The summed E-state index contributed by atoms with van der Waals surface area (Å²) in [6.45, 7) is 4.23. The number of hydrogen-bond donors (Lipinski definition) is 0. The smallest absolute Gasteiger partial charge is 0.141 e. The van der Waals surface area contributed by atoms with Crippen LogP contribution in [0.3, 0.4) is 0 Å². The van der Waals surface area contributed by atoms with E-state index in [4.69, 9.17) is 4.74 Å². The summed E-state index contributed by atoms with van der Waals surface area (Å²) < 4.78 is 5.76. The number of rotatable bonds is 0. The Morgan fingerprint density at radius 3 is 3.17 bits per heavy atom. The summed E-state index contributed by atoms with van der Waals surface area (Å²) >= 11 is 0. The summed E-state index contributed by atoms with van der Waals surface area (Å²) in [5, 5.41) is 0. The molecule has 12 heavy (non-hydrogen) atoms. The Morgan fingerprint density at radius 2 is 2.33 bits per heavy atom. The first-order valence-electron chi connectivity index (χ1n) is 4.30. The van der Waals surface area contributed by atoms with Gasteiger partial charge in [-0.2, -0.15) is 0 Å². The van der Waals surface area contributed by atoms with E-state index in [2.05, 4.69) is 18.8 Å². The molecule has 1 aliphatic rings. The van der Waals surface area contributed by atoms with E-state index in [1.165, 1.54) is 0 Å². The molecule has 2 nitrogen and oxygen atoms in total. The first kappa shape index (κ1) is 7.59. The summed E-state index contributed by atoms with van der Waals surface area (Å²) in [7, 11) is 0. The second-order valence-corrected chi connectivity index (χ2v) is 3.81. The highest BCUT2D eigenvalue weighted by Gasteiger charge is 2.26. The minimum absolute atomic E-state index is 0.0178. The molecule has 0 saturated carbocycles. The molecular weight excluding hydrogens is 150 g/mol. The molecule has 0 fully saturated rings. The molecule has 1 aromatic heterocycles. The van der Waals surface area contributed by atoms with Crippen LogP contribution in [0.15, 0.2) is 18.3 Å². The largest absolute Gasteiger partial charge is 0.486 e. The number of hydrogen-bond acceptors (Lipinski definition) is 2. The second-order valence-electron chi connectivity index (χ2n) is 3.81. The number of fused-ring (bicyclic) bond motifs is 1. The third-order valence-electron chi connectivity index (χ3n) is 2.20. The Hall–Kier alpha value is -1.05. The average molecular weight is 163 g/mol. The van der Waals surface area contributed by atoms with Crippen LogP contribution in [0.25, 0.3) is 0 Å². The van der Waals surface area contributed by atoms with Crippen LogP contribution >= 0.6 is 0 Å². The third-order valence-corrected chi connectivity index (χ3v) is 2.20. The highest BCUT2D eigenvalue weighted by atomic mass is 16.5. The van der Waals surface area contributed by atoms with E-state index in [0.29, 0.717) is 0 Å². The van der Waals surface area contributed by atoms with Gasteiger partial charge in [0, 0.05) is 6.20 Å². The molecule has 0 saturated heterocycles. The van der Waals surface area contributed by atoms with Crippen LogP contribution in [-0.4, -0.2) is 10.6 Å². The topological polar surface area (TPSA) is 22.1 Å². The van der Waals surface area contributed by atoms with Gasteiger partial charge in [0.1, 0.15) is 11.4 Å². The summed E-state index contributed by atoms with van der Waals surface area (Å²) in [4.78, 5) is 4.26. The first-order valence-corrected chi connectivity index (χ1v) is 4.30. The van der Waals surface area contributed by atoms with Crippen molar-refractivity contribution in [3.8, 4) is 5.75 Å². The van der Waals surface area contributed by atoms with Crippen LogP contribution in [0.1, 0.15) is 26.0 Å². The standard InChI is InChI=1S/C10H13NO/c1-10(2)6-5-8-9(12-10)4-3-7-11-8/h3-4,7H,5-6H2,1-2H3. The highest BCUT2D eigenvalue weighted by molar-refractivity contribution is 5.29. The molecule has 1 aliphatic heterocycles. The molecule has 2 heterocycles. The van der Waals surface area contributed by atoms with E-state index < -0.39 is 0 Å². The molecule has 64 valence electrons. The molecule has 0 atom stereocenters. The minimum atomic E-state index is -0.0178. The van der Waals surface area contributed by atoms with Crippen molar-refractivity contribution in [1.82, 2.24) is 4.98 Å². The Morgan fingerprint density at radius 1 is 1.50 bits per heavy atom. The van der Waals surface area contributed by atoms with E-state index in [0.717, 1.165) is 24.3 Å². The quantitative estimate of drug-likeness (QED) is 0.585. The average Bonchev–Trinajstić information content (AvgIpc) is 2.02. The number of nitrogens with zero attached hydrogens (tertiary/aromatic N) is 1. The third kappa shape index (κ3) is 1.29. The molecule has 0 unspecified atom stereocenters. The summed E-state index contributed by atoms with van der Waals surface area (Å²) in [5.74, 6) is 0.953. The Balaban J connectivity index is 2.35. The number of aromatic nitrogens is 1. The maximum absolute atomic E-state index is 5.76. The van der Waals surface area contributed by atoms with Crippen LogP contribution in [0.4, 0.5) is 0 Å². The zero-order chi connectivity index (χ0) is 8.60. The molecule has 0 spiro atoms. The van der Waals surface area contributed by atoms with Crippen molar-refractivity contribution in [2.24, 2.45) is 0 Å². The van der Waals surface area contributed by atoms with Crippen molar-refractivity contribution in [3.05, 3.63) is 24.0 Å². The van der Waals surface area contributed by atoms with Crippen molar-refractivity contribution in [1.29, 1.82) is 0 Å². The van der Waals surface area contributed by atoms with Crippen LogP contribution in [0.2, 0.25) is 0 Å². The molecule has 2 heteroatoms. The predicted molar refractivity (Wildman–Crippen MR) is 47.3 cm³/mol. The Kier molecular flexibility index (Phi) is 1.56. The molecule has 0 radical (unpaired) electrons. The van der Waals surface area contributed by atoms with E-state index in [1.807, 2.05) is 18.3 Å². The highest BCUT2D eigenvalue weighted by Crippen LogP contribution is 2.30. The van der Waals surface area contributed by atoms with Crippen molar-refractivity contribution in [2.75, 3.05) is 0 Å². The van der Waals surface area contributed by atoms with Crippen LogP contribution in [0, 0.1) is 0 Å². The second kappa shape index (κ2) is 2.47. The molecular formula is C10H13NO. The zero-order valence-electron chi connectivity index (χ0n) is 7.50. The fourth-order valence-corrected chi connectivity index (χ4v) is 1.47. The van der Waals surface area contributed by atoms with Crippen molar-refractivity contribution in [3.63, 3.8) is 0 Å². The number of aryl methyl sites for hydroxylation is 1. The number of ether oxygens (including phenoxy) is 1. The molecule has 0 amide bonds. The molecule has 0 N–H and O–H groups in total. The lowest BCUT2D eigenvalue weighted by Gasteiger charge is -2.31. The van der Waals surface area contributed by atoms with Gasteiger partial charge in [-0.05, 0) is 38.8 Å². The van der Waals surface area contributed by atoms with Gasteiger partial charge >= 0.3 is 0 Å². The zero-order valence-corrected chi connectivity index (χ0v) is 7.50. The Bertz CT molecular complexity index is 294. The molecule has 0 bridgehead atoms. The summed E-state index contributed by atoms with van der Waals surface area (Å²) in [6.07, 6.45) is 3.90. The van der Waals surface area contributed by atoms with Gasteiger partial charge in [0.25, 0.3) is 0 Å². The first-order chi connectivity index (χ1) is 5.67. The van der Waals surface area contributed by atoms with E-state index in [1.54, 1.807) is 0 Å². The lowest BCUT2D eigenvalue weighted by atomic mass is 9.97. The molecule has 0 aliphatic carbocycles. The van der Waals surface area contributed by atoms with E-state index in [-0.39, 0.29) is 5.60 Å². The van der Waals surface area contributed by atoms with Gasteiger partial charge in [-0.25, -0.2) is 0 Å². The van der Waals surface area contributed by atoms with Gasteiger partial charge in [-0.15, -0.1) is 0 Å². The van der Waals surface area contributed by atoms with Gasteiger partial charge in [0.2, 0.25) is 0 Å².